The second-order valence-electron chi connectivity index (χ2n) is 9.44. The summed E-state index contributed by atoms with van der Waals surface area (Å²) < 4.78 is 52.4. The lowest BCUT2D eigenvalue weighted by Gasteiger charge is -2.32. The number of nitrogens with zero attached hydrogens (tertiary/aromatic N) is 2. The van der Waals surface area contributed by atoms with Crippen LogP contribution in [0.1, 0.15) is 59.9 Å². The molecule has 3 aromatic rings. The quantitative estimate of drug-likeness (QED) is 0.380. The third-order valence-corrected chi connectivity index (χ3v) is 6.49. The van der Waals surface area contributed by atoms with Gasteiger partial charge in [0, 0.05) is 23.6 Å². The number of ether oxygens (including phenoxy) is 1. The number of benzene rings is 2. The van der Waals surface area contributed by atoms with E-state index < -0.39 is 17.7 Å². The predicted octanol–water partition coefficient (Wildman–Crippen LogP) is 6.47. The lowest BCUT2D eigenvalue weighted by Crippen LogP contribution is -2.35. The number of aromatic nitrogens is 1. The van der Waals surface area contributed by atoms with E-state index in [9.17, 15) is 18.0 Å². The predicted molar refractivity (Wildman–Crippen MR) is 128 cm³/mol. The molecule has 0 aliphatic carbocycles. The van der Waals surface area contributed by atoms with Crippen LogP contribution in [0.2, 0.25) is 0 Å². The number of hydrogen-bond acceptors (Lipinski definition) is 5. The minimum atomic E-state index is -4.49. The summed E-state index contributed by atoms with van der Waals surface area (Å²) in [6.45, 7) is 6.32. The summed E-state index contributed by atoms with van der Waals surface area (Å²) in [4.78, 5) is 13.4. The van der Waals surface area contributed by atoms with E-state index in [0.717, 1.165) is 32.0 Å². The Balaban J connectivity index is 1.44. The molecule has 1 saturated heterocycles. The summed E-state index contributed by atoms with van der Waals surface area (Å²) in [5.74, 6) is 0.404. The van der Waals surface area contributed by atoms with Crippen LogP contribution in [0, 0.1) is 5.92 Å². The van der Waals surface area contributed by atoms with Crippen molar-refractivity contribution in [3.05, 3.63) is 71.0 Å². The lowest BCUT2D eigenvalue weighted by atomic mass is 9.94. The van der Waals surface area contributed by atoms with Crippen LogP contribution >= 0.6 is 0 Å². The molecule has 2 heterocycles. The number of piperidine rings is 1. The van der Waals surface area contributed by atoms with E-state index in [1.165, 1.54) is 24.3 Å². The van der Waals surface area contributed by atoms with Gasteiger partial charge >= 0.3 is 12.1 Å². The number of carboxylic acid groups (broad SMARTS) is 1. The van der Waals surface area contributed by atoms with E-state index in [4.69, 9.17) is 14.4 Å². The largest absolute Gasteiger partial charge is 0.493 e. The third kappa shape index (κ3) is 5.90. The lowest BCUT2D eigenvalue weighted by molar-refractivity contribution is -0.137. The zero-order valence-electron chi connectivity index (χ0n) is 20.2. The van der Waals surface area contributed by atoms with Crippen molar-refractivity contribution in [1.82, 2.24) is 10.1 Å². The van der Waals surface area contributed by atoms with Crippen LogP contribution < -0.4 is 4.74 Å². The number of aromatic carboxylic acids is 1. The fourth-order valence-corrected chi connectivity index (χ4v) is 4.54. The van der Waals surface area contributed by atoms with Crippen molar-refractivity contribution in [2.45, 2.75) is 45.3 Å². The molecule has 1 aliphatic rings. The van der Waals surface area contributed by atoms with Gasteiger partial charge in [-0.1, -0.05) is 43.3 Å². The van der Waals surface area contributed by atoms with Crippen molar-refractivity contribution in [1.29, 1.82) is 0 Å². The molecule has 36 heavy (non-hydrogen) atoms. The van der Waals surface area contributed by atoms with Crippen LogP contribution in [0.25, 0.3) is 11.3 Å². The molecule has 0 atom stereocenters. The van der Waals surface area contributed by atoms with Gasteiger partial charge in [-0.25, -0.2) is 4.79 Å². The van der Waals surface area contributed by atoms with Gasteiger partial charge in [0.25, 0.3) is 0 Å². The molecular weight excluding hydrogens is 473 g/mol. The Morgan fingerprint density at radius 1 is 1.17 bits per heavy atom. The van der Waals surface area contributed by atoms with E-state index in [1.807, 2.05) is 13.8 Å². The number of likely N-dealkylation sites (tertiary alicyclic amines) is 1. The molecular formula is C27H29F3N2O4. The van der Waals surface area contributed by atoms with Gasteiger partial charge in [0.1, 0.15) is 17.2 Å². The van der Waals surface area contributed by atoms with Crippen molar-refractivity contribution in [2.75, 3.05) is 19.7 Å². The van der Waals surface area contributed by atoms with Crippen LogP contribution in [0.15, 0.2) is 53.1 Å². The van der Waals surface area contributed by atoms with E-state index in [1.54, 1.807) is 18.2 Å². The number of rotatable bonds is 8. The summed E-state index contributed by atoms with van der Waals surface area (Å²) in [5, 5.41) is 13.2. The Kier molecular flexibility index (Phi) is 7.68. The molecule has 0 bridgehead atoms. The standard InChI is InChI=1S/C27H29F3N2O4/c1-17(2)25-22(24(31-36-25)21-8-3-4-9-23(21)27(28,29)30)15-32-12-10-18(11-13-32)16-35-20-7-5-6-19(14-20)26(33)34/h3-9,14,17-18H,10-13,15-16H2,1-2H3,(H,33,34). The topological polar surface area (TPSA) is 75.8 Å². The minimum Gasteiger partial charge on any atom is -0.493 e. The Morgan fingerprint density at radius 2 is 1.89 bits per heavy atom. The Morgan fingerprint density at radius 3 is 2.56 bits per heavy atom. The Hall–Kier alpha value is -3.33. The average molecular weight is 503 g/mol. The normalized spacial score (nSPS) is 15.4. The van der Waals surface area contributed by atoms with Gasteiger partial charge in [-0.05, 0) is 56.1 Å². The van der Waals surface area contributed by atoms with Crippen LogP contribution in [0.5, 0.6) is 5.75 Å². The van der Waals surface area contributed by atoms with Crippen LogP contribution in [0.3, 0.4) is 0 Å². The molecule has 9 heteroatoms. The van der Waals surface area contributed by atoms with Crippen molar-refractivity contribution in [3.63, 3.8) is 0 Å². The van der Waals surface area contributed by atoms with Gasteiger partial charge in [0.2, 0.25) is 0 Å². The van der Waals surface area contributed by atoms with Crippen molar-refractivity contribution >= 4 is 5.97 Å². The number of carbonyl (C=O) groups is 1. The highest BCUT2D eigenvalue weighted by atomic mass is 19.4. The fraction of sp³-hybridized carbons (Fsp3) is 0.407. The molecule has 1 aliphatic heterocycles. The van der Waals surface area contributed by atoms with Gasteiger partial charge < -0.3 is 14.4 Å². The van der Waals surface area contributed by atoms with Crippen molar-refractivity contribution in [2.24, 2.45) is 5.92 Å². The van der Waals surface area contributed by atoms with Crippen LogP contribution in [0.4, 0.5) is 13.2 Å². The first-order valence-electron chi connectivity index (χ1n) is 12.0. The summed E-state index contributed by atoms with van der Waals surface area (Å²) >= 11 is 0. The fourth-order valence-electron chi connectivity index (χ4n) is 4.54. The molecule has 1 aromatic heterocycles. The molecule has 4 rings (SSSR count). The van der Waals surface area contributed by atoms with E-state index in [-0.39, 0.29) is 22.7 Å². The van der Waals surface area contributed by atoms with E-state index >= 15 is 0 Å². The van der Waals surface area contributed by atoms with Crippen LogP contribution in [-0.2, 0) is 12.7 Å². The first kappa shape index (κ1) is 25.8. The number of halogens is 3. The van der Waals surface area contributed by atoms with Gasteiger partial charge in [0.15, 0.2) is 0 Å². The van der Waals surface area contributed by atoms with Gasteiger partial charge in [-0.3, -0.25) is 4.90 Å². The molecule has 0 radical (unpaired) electrons. The number of carboxylic acids is 1. The second-order valence-corrected chi connectivity index (χ2v) is 9.44. The maximum absolute atomic E-state index is 13.7. The van der Waals surface area contributed by atoms with Gasteiger partial charge in [-0.15, -0.1) is 0 Å². The molecule has 192 valence electrons. The molecule has 1 fully saturated rings. The first-order valence-corrected chi connectivity index (χ1v) is 12.0. The first-order chi connectivity index (χ1) is 17.1. The smallest absolute Gasteiger partial charge is 0.417 e. The summed E-state index contributed by atoms with van der Waals surface area (Å²) in [5.41, 5.74) is 0.428. The maximum Gasteiger partial charge on any atom is 0.417 e. The number of hydrogen-bond donors (Lipinski definition) is 1. The summed E-state index contributed by atoms with van der Waals surface area (Å²) in [7, 11) is 0. The van der Waals surface area contributed by atoms with Gasteiger partial charge in [0.05, 0.1) is 17.7 Å². The minimum absolute atomic E-state index is 0.0215. The Bertz CT molecular complexity index is 1200. The van der Waals surface area contributed by atoms with E-state index in [2.05, 4.69) is 10.1 Å². The molecule has 1 N–H and O–H groups in total. The second kappa shape index (κ2) is 10.7. The SMILES string of the molecule is CC(C)c1onc(-c2ccccc2C(F)(F)F)c1CN1CCC(COc2cccc(C(=O)O)c2)CC1. The molecule has 0 amide bonds. The summed E-state index contributed by atoms with van der Waals surface area (Å²) in [6, 6.07) is 11.9. The zero-order chi connectivity index (χ0) is 25.9. The highest BCUT2D eigenvalue weighted by Gasteiger charge is 2.35. The highest BCUT2D eigenvalue weighted by Crippen LogP contribution is 2.40. The summed E-state index contributed by atoms with van der Waals surface area (Å²) in [6.07, 6.45) is -2.78. The maximum atomic E-state index is 13.7. The number of alkyl halides is 3. The molecule has 0 saturated carbocycles. The monoisotopic (exact) mass is 502 g/mol. The van der Waals surface area contributed by atoms with Crippen LogP contribution in [-0.4, -0.2) is 40.8 Å². The van der Waals surface area contributed by atoms with Gasteiger partial charge in [-0.2, -0.15) is 13.2 Å². The Labute approximate surface area is 207 Å². The molecule has 2 aromatic carbocycles. The zero-order valence-corrected chi connectivity index (χ0v) is 20.2. The molecule has 0 unspecified atom stereocenters. The molecule has 0 spiro atoms. The molecule has 6 nitrogen and oxygen atoms in total. The van der Waals surface area contributed by atoms with Crippen molar-refractivity contribution < 1.29 is 32.3 Å². The van der Waals surface area contributed by atoms with E-state index in [0.29, 0.717) is 36.1 Å². The average Bonchev–Trinajstić information content (AvgIpc) is 3.27. The van der Waals surface area contributed by atoms with Crippen molar-refractivity contribution in [3.8, 4) is 17.0 Å². The highest BCUT2D eigenvalue weighted by molar-refractivity contribution is 5.88. The third-order valence-electron chi connectivity index (χ3n) is 6.49.